The zero-order valence-electron chi connectivity index (χ0n) is 11.4. The maximum atomic E-state index is 11.7. The Balaban J connectivity index is 2.24. The van der Waals surface area contributed by atoms with Gasteiger partial charge in [-0.05, 0) is 32.9 Å². The fourth-order valence-electron chi connectivity index (χ4n) is 1.84. The zero-order chi connectivity index (χ0) is 13.8. The van der Waals surface area contributed by atoms with Crippen molar-refractivity contribution in [3.05, 3.63) is 18.0 Å². The molecule has 2 rings (SSSR count). The molecule has 0 spiro atoms. The number of aryl methyl sites for hydroxylation is 1. The molecule has 7 heteroatoms. The first kappa shape index (κ1) is 13.3. The zero-order valence-corrected chi connectivity index (χ0v) is 11.4. The number of carbonyl (C=O) groups is 1. The van der Waals surface area contributed by atoms with E-state index in [1.54, 1.807) is 4.52 Å². The largest absolute Gasteiger partial charge is 0.355 e. The Morgan fingerprint density at radius 1 is 1.37 bits per heavy atom. The van der Waals surface area contributed by atoms with Crippen molar-refractivity contribution in [3.8, 4) is 0 Å². The van der Waals surface area contributed by atoms with Gasteiger partial charge in [0.1, 0.15) is 5.82 Å². The molecular formula is C12H18N6O. The lowest BCUT2D eigenvalue weighted by atomic mass is 10.4. The summed E-state index contributed by atoms with van der Waals surface area (Å²) in [7, 11) is 0. The SMILES string of the molecule is CCNC(=O)CN(CC)c1ccc2nnc(C)n2n1. The number of carbonyl (C=O) groups excluding carboxylic acids is 1. The molecule has 0 aliphatic heterocycles. The maximum Gasteiger partial charge on any atom is 0.239 e. The number of anilines is 1. The molecule has 0 aromatic carbocycles. The molecule has 2 aromatic heterocycles. The minimum atomic E-state index is -0.00766. The molecule has 102 valence electrons. The van der Waals surface area contributed by atoms with Gasteiger partial charge < -0.3 is 10.2 Å². The van der Waals surface area contributed by atoms with Gasteiger partial charge in [-0.25, -0.2) is 0 Å². The third kappa shape index (κ3) is 2.81. The van der Waals surface area contributed by atoms with Crippen LogP contribution in [0, 0.1) is 6.92 Å². The van der Waals surface area contributed by atoms with Gasteiger partial charge in [-0.2, -0.15) is 4.52 Å². The van der Waals surface area contributed by atoms with E-state index in [0.29, 0.717) is 25.3 Å². The van der Waals surface area contributed by atoms with Crippen molar-refractivity contribution in [3.63, 3.8) is 0 Å². The van der Waals surface area contributed by atoms with Crippen molar-refractivity contribution < 1.29 is 4.79 Å². The molecule has 0 radical (unpaired) electrons. The van der Waals surface area contributed by atoms with Crippen LogP contribution < -0.4 is 10.2 Å². The second-order valence-electron chi connectivity index (χ2n) is 4.18. The highest BCUT2D eigenvalue weighted by Crippen LogP contribution is 2.11. The molecule has 19 heavy (non-hydrogen) atoms. The number of hydrogen-bond donors (Lipinski definition) is 1. The maximum absolute atomic E-state index is 11.7. The summed E-state index contributed by atoms with van der Waals surface area (Å²) >= 11 is 0. The van der Waals surface area contributed by atoms with Crippen LogP contribution in [0.1, 0.15) is 19.7 Å². The van der Waals surface area contributed by atoms with Gasteiger partial charge in [0, 0.05) is 13.1 Å². The average molecular weight is 262 g/mol. The van der Waals surface area contributed by atoms with Crippen molar-refractivity contribution in [2.75, 3.05) is 24.5 Å². The lowest BCUT2D eigenvalue weighted by Crippen LogP contribution is -2.37. The number of nitrogens with one attached hydrogen (secondary N) is 1. The molecular weight excluding hydrogens is 244 g/mol. The number of nitrogens with zero attached hydrogens (tertiary/aromatic N) is 5. The summed E-state index contributed by atoms with van der Waals surface area (Å²) in [5, 5.41) is 15.2. The molecule has 0 aliphatic carbocycles. The highest BCUT2D eigenvalue weighted by molar-refractivity contribution is 5.80. The fraction of sp³-hybridized carbons (Fsp3) is 0.500. The third-order valence-corrected chi connectivity index (χ3v) is 2.82. The van der Waals surface area contributed by atoms with E-state index in [4.69, 9.17) is 0 Å². The van der Waals surface area contributed by atoms with Crippen LogP contribution in [0.25, 0.3) is 5.65 Å². The summed E-state index contributed by atoms with van der Waals surface area (Å²) in [4.78, 5) is 13.6. The highest BCUT2D eigenvalue weighted by Gasteiger charge is 2.12. The summed E-state index contributed by atoms with van der Waals surface area (Å²) in [6.45, 7) is 7.37. The Kier molecular flexibility index (Phi) is 3.94. The first-order valence-electron chi connectivity index (χ1n) is 6.36. The van der Waals surface area contributed by atoms with E-state index in [1.807, 2.05) is 37.8 Å². The summed E-state index contributed by atoms with van der Waals surface area (Å²) in [6.07, 6.45) is 0. The number of aromatic nitrogens is 4. The molecule has 0 saturated heterocycles. The molecule has 2 heterocycles. The first-order valence-corrected chi connectivity index (χ1v) is 6.36. The average Bonchev–Trinajstić information content (AvgIpc) is 2.78. The Labute approximate surface area is 111 Å². The molecule has 0 bridgehead atoms. The van der Waals surface area contributed by atoms with Crippen molar-refractivity contribution >= 4 is 17.4 Å². The molecule has 0 unspecified atom stereocenters. The molecule has 2 aromatic rings. The van der Waals surface area contributed by atoms with Crippen LogP contribution >= 0.6 is 0 Å². The van der Waals surface area contributed by atoms with E-state index >= 15 is 0 Å². The number of amides is 1. The van der Waals surface area contributed by atoms with Gasteiger partial charge in [0.2, 0.25) is 5.91 Å². The third-order valence-electron chi connectivity index (χ3n) is 2.82. The second-order valence-corrected chi connectivity index (χ2v) is 4.18. The molecule has 1 N–H and O–H groups in total. The van der Waals surface area contributed by atoms with E-state index in [-0.39, 0.29) is 5.91 Å². The van der Waals surface area contributed by atoms with Gasteiger partial charge in [-0.15, -0.1) is 15.3 Å². The normalized spacial score (nSPS) is 10.7. The Bertz CT molecular complexity index is 579. The van der Waals surface area contributed by atoms with Crippen LogP contribution in [0.3, 0.4) is 0 Å². The predicted octanol–water partition coefficient (Wildman–Crippen LogP) is 0.395. The van der Waals surface area contributed by atoms with Gasteiger partial charge in [0.05, 0.1) is 6.54 Å². The van der Waals surface area contributed by atoms with Crippen molar-refractivity contribution in [1.29, 1.82) is 0 Å². The van der Waals surface area contributed by atoms with Gasteiger partial charge in [-0.1, -0.05) is 0 Å². The van der Waals surface area contributed by atoms with Crippen LogP contribution in [0.4, 0.5) is 5.82 Å². The summed E-state index contributed by atoms with van der Waals surface area (Å²) in [6, 6.07) is 3.70. The standard InChI is InChI=1S/C12H18N6O/c1-4-13-12(19)8-17(5-2)11-7-6-10-15-14-9(3)18(10)16-11/h6-7H,4-5,8H2,1-3H3,(H,13,19). The van der Waals surface area contributed by atoms with E-state index in [9.17, 15) is 4.79 Å². The van der Waals surface area contributed by atoms with Crippen LogP contribution in [-0.2, 0) is 4.79 Å². The first-order chi connectivity index (χ1) is 9.15. The minimum Gasteiger partial charge on any atom is -0.355 e. The van der Waals surface area contributed by atoms with Gasteiger partial charge >= 0.3 is 0 Å². The number of likely N-dealkylation sites (N-methyl/N-ethyl adjacent to an activating group) is 2. The summed E-state index contributed by atoms with van der Waals surface area (Å²) in [5.41, 5.74) is 0.704. The van der Waals surface area contributed by atoms with Crippen LogP contribution in [-0.4, -0.2) is 45.4 Å². The Morgan fingerprint density at radius 2 is 2.16 bits per heavy atom. The quantitative estimate of drug-likeness (QED) is 0.844. The van der Waals surface area contributed by atoms with Crippen molar-refractivity contribution in [1.82, 2.24) is 25.1 Å². The van der Waals surface area contributed by atoms with Gasteiger partial charge in [0.15, 0.2) is 11.5 Å². The van der Waals surface area contributed by atoms with E-state index in [2.05, 4.69) is 20.6 Å². The number of hydrogen-bond acceptors (Lipinski definition) is 5. The molecule has 7 nitrogen and oxygen atoms in total. The second kappa shape index (κ2) is 5.64. The summed E-state index contributed by atoms with van der Waals surface area (Å²) in [5.74, 6) is 1.46. The monoisotopic (exact) mass is 262 g/mol. The molecule has 1 amide bonds. The number of fused-ring (bicyclic) bond motifs is 1. The Morgan fingerprint density at radius 3 is 2.84 bits per heavy atom. The fourth-order valence-corrected chi connectivity index (χ4v) is 1.84. The van der Waals surface area contributed by atoms with Crippen LogP contribution in [0.15, 0.2) is 12.1 Å². The van der Waals surface area contributed by atoms with Crippen LogP contribution in [0.2, 0.25) is 0 Å². The Hall–Kier alpha value is -2.18. The van der Waals surface area contributed by atoms with E-state index in [0.717, 1.165) is 11.6 Å². The van der Waals surface area contributed by atoms with Gasteiger partial charge in [-0.3, -0.25) is 4.79 Å². The van der Waals surface area contributed by atoms with Crippen molar-refractivity contribution in [2.45, 2.75) is 20.8 Å². The molecule has 0 saturated carbocycles. The lowest BCUT2D eigenvalue weighted by Gasteiger charge is -2.20. The molecule has 0 aliphatic rings. The van der Waals surface area contributed by atoms with Crippen molar-refractivity contribution in [2.24, 2.45) is 0 Å². The van der Waals surface area contributed by atoms with Crippen LogP contribution in [0.5, 0.6) is 0 Å². The summed E-state index contributed by atoms with van der Waals surface area (Å²) < 4.78 is 1.68. The molecule has 0 fully saturated rings. The highest BCUT2D eigenvalue weighted by atomic mass is 16.2. The van der Waals surface area contributed by atoms with E-state index < -0.39 is 0 Å². The number of rotatable bonds is 5. The molecule has 0 atom stereocenters. The predicted molar refractivity (Wildman–Crippen MR) is 72.1 cm³/mol. The minimum absolute atomic E-state index is 0.00766. The topological polar surface area (TPSA) is 75.4 Å². The smallest absolute Gasteiger partial charge is 0.239 e. The van der Waals surface area contributed by atoms with Gasteiger partial charge in [0.25, 0.3) is 0 Å². The van der Waals surface area contributed by atoms with E-state index in [1.165, 1.54) is 0 Å². The lowest BCUT2D eigenvalue weighted by molar-refractivity contribution is -0.119.